The molecule has 0 radical (unpaired) electrons. The van der Waals surface area contributed by atoms with E-state index in [0.29, 0.717) is 11.1 Å². The second-order valence-corrected chi connectivity index (χ2v) is 21.6. The summed E-state index contributed by atoms with van der Waals surface area (Å²) in [6.07, 6.45) is 11.0. The summed E-state index contributed by atoms with van der Waals surface area (Å²) in [5.41, 5.74) is 13.8. The lowest BCUT2D eigenvalue weighted by molar-refractivity contribution is 0.274. The van der Waals surface area contributed by atoms with Crippen LogP contribution in [-0.2, 0) is 42.7 Å². The normalized spacial score (nSPS) is 27.8. The zero-order chi connectivity index (χ0) is 39.4. The number of halogens is 1. The maximum Gasteiger partial charge on any atom is 0.229 e. The molecule has 0 bridgehead atoms. The number of anilines is 2. The first kappa shape index (κ1) is 41.3. The number of aryl methyl sites for hydroxylation is 2. The lowest BCUT2D eigenvalue weighted by Gasteiger charge is -2.24. The van der Waals surface area contributed by atoms with E-state index in [1.807, 2.05) is 24.3 Å². The van der Waals surface area contributed by atoms with Crippen molar-refractivity contribution in [2.75, 3.05) is 42.6 Å². The minimum Gasteiger partial charge on any atom is -0.399 e. The summed E-state index contributed by atoms with van der Waals surface area (Å²) in [7, 11) is -1.92. The van der Waals surface area contributed by atoms with E-state index in [4.69, 9.17) is 5.73 Å². The Morgan fingerprint density at radius 1 is 0.691 bits per heavy atom. The predicted molar refractivity (Wildman–Crippen MR) is 228 cm³/mol. The van der Waals surface area contributed by atoms with Crippen molar-refractivity contribution in [3.63, 3.8) is 0 Å². The van der Waals surface area contributed by atoms with Gasteiger partial charge in [-0.1, -0.05) is 105 Å². The lowest BCUT2D eigenvalue weighted by Crippen LogP contribution is -2.30. The number of rotatable bonds is 12. The van der Waals surface area contributed by atoms with Crippen molar-refractivity contribution in [2.24, 2.45) is 29.6 Å². The van der Waals surface area contributed by atoms with Gasteiger partial charge in [-0.25, -0.2) is 16.8 Å². The number of nitrogen functional groups attached to an aromatic ring is 1. The summed E-state index contributed by atoms with van der Waals surface area (Å²) in [4.78, 5) is 2.66. The molecule has 3 N–H and O–H groups in total. The molecule has 296 valence electrons. The molecule has 8 rings (SSSR count). The van der Waals surface area contributed by atoms with E-state index < -0.39 is 19.1 Å². The fraction of sp³-hybridized carbons (Fsp3) is 0.467. The highest BCUT2D eigenvalue weighted by molar-refractivity contribution is 8.13. The smallest absolute Gasteiger partial charge is 0.229 e. The summed E-state index contributed by atoms with van der Waals surface area (Å²) in [6, 6.07) is 38.1. The van der Waals surface area contributed by atoms with Gasteiger partial charge in [-0.3, -0.25) is 4.72 Å². The number of hydrogen-bond donors (Lipinski definition) is 2. The van der Waals surface area contributed by atoms with Crippen molar-refractivity contribution in [1.29, 1.82) is 0 Å². The van der Waals surface area contributed by atoms with Gasteiger partial charge in [0.1, 0.15) is 0 Å². The van der Waals surface area contributed by atoms with Crippen molar-refractivity contribution >= 4 is 41.1 Å². The molecular weight excluding hydrogens is 746 g/mol. The number of benzene rings is 4. The maximum absolute atomic E-state index is 11.5. The highest BCUT2D eigenvalue weighted by Gasteiger charge is 2.66. The van der Waals surface area contributed by atoms with Gasteiger partial charge in [0.25, 0.3) is 0 Å². The fourth-order valence-electron chi connectivity index (χ4n) is 9.96. The van der Waals surface area contributed by atoms with Gasteiger partial charge in [-0.2, -0.15) is 0 Å². The molecule has 10 heteroatoms. The largest absolute Gasteiger partial charge is 0.399 e. The third-order valence-electron chi connectivity index (χ3n) is 12.9. The summed E-state index contributed by atoms with van der Waals surface area (Å²) in [5, 5.41) is 0. The van der Waals surface area contributed by atoms with Gasteiger partial charge in [0, 0.05) is 40.6 Å². The number of nitrogens with two attached hydrogens (primary N) is 1. The molecule has 55 heavy (non-hydrogen) atoms. The fourth-order valence-corrected chi connectivity index (χ4v) is 10.5. The Kier molecular flexibility index (Phi) is 12.8. The zero-order valence-corrected chi connectivity index (χ0v) is 35.1. The molecule has 4 fully saturated rings. The van der Waals surface area contributed by atoms with E-state index in [1.165, 1.54) is 93.1 Å². The molecule has 4 atom stereocenters. The number of likely N-dealkylation sites (tertiary alicyclic amines) is 1. The van der Waals surface area contributed by atoms with Gasteiger partial charge in [0.15, 0.2) is 0 Å². The molecular formula is C45H58ClN3O4S2. The van der Waals surface area contributed by atoms with Crippen LogP contribution < -0.4 is 10.5 Å². The Bertz CT molecular complexity index is 2080. The molecule has 1 saturated heterocycles. The average molecular weight is 805 g/mol. The minimum atomic E-state index is -3.23. The lowest BCUT2D eigenvalue weighted by atomic mass is 9.84. The number of fused-ring (bicyclic) bond motifs is 2. The highest BCUT2D eigenvalue weighted by Crippen LogP contribution is 2.69. The standard InChI is InChI=1S/C23H29NO2S.C21H26N2.CH3ClO2S/c1-23(19-12-7-13-20(16-19)24-27(2,25)26)21-14-18(15-22(21)23)11-6-10-17-8-4-3-5-9-17;1-21(17-10-5-11-18(22)13-17)19-14-23(15-20(19)21)12-6-9-16-7-3-2-4-8-16;1-5(2,3)4/h3-5,7-9,12-13,16,18,21-22,24H,6,10-11,14-15H2,1-2H3;2-5,7-8,10-11,13,19-20H,6,9,12,14-15,22H2,1H3;1H3. The molecule has 4 aromatic carbocycles. The van der Waals surface area contributed by atoms with Crippen LogP contribution in [0.4, 0.5) is 11.4 Å². The van der Waals surface area contributed by atoms with E-state index in [2.05, 4.69) is 119 Å². The van der Waals surface area contributed by atoms with Crippen molar-refractivity contribution in [3.05, 3.63) is 131 Å². The third kappa shape index (κ3) is 10.7. The maximum atomic E-state index is 11.5. The Labute approximate surface area is 334 Å². The second kappa shape index (κ2) is 17.0. The molecule has 1 aliphatic heterocycles. The second-order valence-electron chi connectivity index (χ2n) is 16.8. The van der Waals surface area contributed by atoms with Crippen LogP contribution in [0.5, 0.6) is 0 Å². The average Bonchev–Trinajstić information content (AvgIpc) is 3.60. The Hall–Kier alpha value is -3.37. The van der Waals surface area contributed by atoms with Crippen LogP contribution in [0.15, 0.2) is 109 Å². The van der Waals surface area contributed by atoms with Gasteiger partial charge < -0.3 is 10.6 Å². The third-order valence-corrected chi connectivity index (χ3v) is 13.5. The molecule has 0 aromatic heterocycles. The Balaban J connectivity index is 0.000000168. The molecule has 3 aliphatic carbocycles. The Morgan fingerprint density at radius 2 is 1.18 bits per heavy atom. The van der Waals surface area contributed by atoms with Gasteiger partial charge in [-0.15, -0.1) is 0 Å². The predicted octanol–water partition coefficient (Wildman–Crippen LogP) is 8.90. The molecule has 4 unspecified atom stereocenters. The van der Waals surface area contributed by atoms with Crippen molar-refractivity contribution in [1.82, 2.24) is 4.90 Å². The molecule has 4 aromatic rings. The van der Waals surface area contributed by atoms with E-state index in [-0.39, 0.29) is 5.41 Å². The molecule has 0 amide bonds. The van der Waals surface area contributed by atoms with E-state index >= 15 is 0 Å². The molecule has 3 saturated carbocycles. The van der Waals surface area contributed by atoms with E-state index in [9.17, 15) is 16.8 Å². The number of nitrogens with one attached hydrogen (secondary N) is 1. The molecule has 4 aliphatic rings. The molecule has 7 nitrogen and oxygen atoms in total. The van der Waals surface area contributed by atoms with Crippen LogP contribution in [0.2, 0.25) is 0 Å². The number of hydrogen-bond acceptors (Lipinski definition) is 6. The van der Waals surface area contributed by atoms with E-state index in [0.717, 1.165) is 41.5 Å². The van der Waals surface area contributed by atoms with Gasteiger partial charge >= 0.3 is 0 Å². The topological polar surface area (TPSA) is 110 Å². The van der Waals surface area contributed by atoms with Crippen molar-refractivity contribution in [2.45, 2.75) is 69.6 Å². The quantitative estimate of drug-likeness (QED) is 0.109. The van der Waals surface area contributed by atoms with Gasteiger partial charge in [0.05, 0.1) is 12.5 Å². The van der Waals surface area contributed by atoms with Gasteiger partial charge in [-0.05, 0) is 127 Å². The van der Waals surface area contributed by atoms with Crippen molar-refractivity contribution < 1.29 is 16.8 Å². The monoisotopic (exact) mass is 803 g/mol. The summed E-state index contributed by atoms with van der Waals surface area (Å²) < 4.78 is 44.4. The molecule has 0 spiro atoms. The number of sulfonamides is 1. The van der Waals surface area contributed by atoms with E-state index in [1.54, 1.807) is 0 Å². The Morgan fingerprint density at radius 3 is 1.71 bits per heavy atom. The zero-order valence-electron chi connectivity index (χ0n) is 32.7. The molecule has 1 heterocycles. The summed E-state index contributed by atoms with van der Waals surface area (Å²) in [6.45, 7) is 8.53. The van der Waals surface area contributed by atoms with Crippen LogP contribution in [0.3, 0.4) is 0 Å². The minimum absolute atomic E-state index is 0.227. The van der Waals surface area contributed by atoms with Crippen LogP contribution in [0, 0.1) is 29.6 Å². The van der Waals surface area contributed by atoms with Crippen LogP contribution >= 0.6 is 10.7 Å². The number of piperidine rings is 1. The highest BCUT2D eigenvalue weighted by atomic mass is 35.7. The van der Waals surface area contributed by atoms with Gasteiger partial charge in [0.2, 0.25) is 19.1 Å². The number of nitrogens with zero attached hydrogens (tertiary/aromatic N) is 1. The van der Waals surface area contributed by atoms with Crippen LogP contribution in [0.1, 0.15) is 68.2 Å². The summed E-state index contributed by atoms with van der Waals surface area (Å²) in [5.74, 6) is 4.01. The first-order valence-corrected chi connectivity index (χ1v) is 24.3. The van der Waals surface area contributed by atoms with Crippen LogP contribution in [0.25, 0.3) is 0 Å². The first-order chi connectivity index (χ1) is 26.0. The first-order valence-electron chi connectivity index (χ1n) is 19.7. The summed E-state index contributed by atoms with van der Waals surface area (Å²) >= 11 is 0. The SMILES string of the molecule is CC1(c2cccc(N)c2)C2CN(CCCc3ccccc3)CC21.CC1(c2cccc(NS(C)(=O)=O)c2)C2CC(CCCc3ccccc3)CC21.CS(=O)(=O)Cl. The van der Waals surface area contributed by atoms with Crippen LogP contribution in [-0.4, -0.2) is 53.9 Å². The van der Waals surface area contributed by atoms with Crippen molar-refractivity contribution in [3.8, 4) is 0 Å².